The summed E-state index contributed by atoms with van der Waals surface area (Å²) in [5.41, 5.74) is 0.524. The second-order valence-electron chi connectivity index (χ2n) is 6.78. The topological polar surface area (TPSA) is 62.2 Å². The Morgan fingerprint density at radius 1 is 1.40 bits per heavy atom. The monoisotopic (exact) mass is 375 g/mol. The van der Waals surface area contributed by atoms with Gasteiger partial charge < -0.3 is 10.2 Å². The van der Waals surface area contributed by atoms with Gasteiger partial charge in [-0.25, -0.2) is 0 Å². The summed E-state index contributed by atoms with van der Waals surface area (Å²) in [4.78, 5) is 14.0. The van der Waals surface area contributed by atoms with E-state index in [0.717, 1.165) is 0 Å². The van der Waals surface area contributed by atoms with Gasteiger partial charge in [-0.15, -0.1) is 0 Å². The van der Waals surface area contributed by atoms with Crippen molar-refractivity contribution in [3.05, 3.63) is 18.0 Å². The van der Waals surface area contributed by atoms with E-state index in [0.29, 0.717) is 5.69 Å². The zero-order valence-electron chi connectivity index (χ0n) is 14.0. The Morgan fingerprint density at radius 2 is 2.08 bits per heavy atom. The van der Waals surface area contributed by atoms with Gasteiger partial charge in [0.1, 0.15) is 0 Å². The molecule has 0 radical (unpaired) electrons. The molecule has 1 aromatic rings. The minimum Gasteiger partial charge on any atom is -0.330 e. The zero-order valence-corrected chi connectivity index (χ0v) is 14.9. The quantitative estimate of drug-likeness (QED) is 0.771. The summed E-state index contributed by atoms with van der Waals surface area (Å²) in [6, 6.07) is 0.917. The molecule has 1 amide bonds. The molecule has 4 atom stereocenters. The van der Waals surface area contributed by atoms with Crippen LogP contribution in [0.2, 0.25) is 0 Å². The van der Waals surface area contributed by atoms with Crippen LogP contribution in [-0.4, -0.2) is 44.1 Å². The highest BCUT2D eigenvalue weighted by Gasteiger charge is 2.57. The van der Waals surface area contributed by atoms with Crippen LogP contribution in [0.25, 0.3) is 0 Å². The fourth-order valence-corrected chi connectivity index (χ4v) is 4.10. The van der Waals surface area contributed by atoms with E-state index in [-0.39, 0.29) is 17.6 Å². The number of amides is 1. The van der Waals surface area contributed by atoms with E-state index in [1.54, 1.807) is 28.9 Å². The predicted octanol–water partition coefficient (Wildman–Crippen LogP) is 1.70. The van der Waals surface area contributed by atoms with Gasteiger partial charge in [0, 0.05) is 19.3 Å². The molecule has 138 valence electrons. The number of alkyl halides is 3. The lowest BCUT2D eigenvalue weighted by atomic mass is 9.77. The Morgan fingerprint density at radius 3 is 2.60 bits per heavy atom. The fourth-order valence-electron chi connectivity index (χ4n) is 3.68. The maximum absolute atomic E-state index is 13.7. The van der Waals surface area contributed by atoms with Gasteiger partial charge in [-0.05, 0) is 38.6 Å². The molecule has 3 heterocycles. The van der Waals surface area contributed by atoms with Crippen LogP contribution in [0.5, 0.6) is 0 Å². The molecule has 2 aliphatic heterocycles. The Bertz CT molecular complexity index is 689. The van der Waals surface area contributed by atoms with Gasteiger partial charge in [-0.3, -0.25) is 14.8 Å². The van der Waals surface area contributed by atoms with Gasteiger partial charge in [0.25, 0.3) is 0 Å². The van der Waals surface area contributed by atoms with Crippen LogP contribution in [0, 0.1) is 11.8 Å². The number of carbonyl (C=O) groups excluding carboxylic acids is 1. The van der Waals surface area contributed by atoms with E-state index in [2.05, 4.69) is 15.7 Å². The number of aromatic nitrogens is 2. The molecule has 0 bridgehead atoms. The van der Waals surface area contributed by atoms with Crippen LogP contribution in [-0.2, 0) is 11.8 Å². The molecule has 2 fully saturated rings. The Labute approximate surface area is 148 Å². The number of nitrogens with one attached hydrogen (secondary N) is 2. The number of fused-ring (bicyclic) bond motifs is 1. The average Bonchev–Trinajstić information content (AvgIpc) is 2.91. The van der Waals surface area contributed by atoms with Gasteiger partial charge in [-0.1, -0.05) is 0 Å². The second kappa shape index (κ2) is 6.24. The summed E-state index contributed by atoms with van der Waals surface area (Å²) in [5.74, 6) is -3.70. The molecule has 6 nitrogen and oxygen atoms in total. The van der Waals surface area contributed by atoms with Crippen molar-refractivity contribution in [1.82, 2.24) is 25.3 Å². The third kappa shape index (κ3) is 3.24. The third-order valence-electron chi connectivity index (χ3n) is 4.77. The van der Waals surface area contributed by atoms with E-state index in [9.17, 15) is 18.0 Å². The number of rotatable bonds is 2. The molecule has 2 aliphatic rings. The summed E-state index contributed by atoms with van der Waals surface area (Å²) in [7, 11) is 1.71. The van der Waals surface area contributed by atoms with E-state index in [1.165, 1.54) is 0 Å². The molecular formula is C15H20F3N5OS. The Hall–Kier alpha value is -1.68. The van der Waals surface area contributed by atoms with E-state index in [1.807, 2.05) is 13.8 Å². The first-order valence-electron chi connectivity index (χ1n) is 8.05. The van der Waals surface area contributed by atoms with Crippen molar-refractivity contribution >= 4 is 23.2 Å². The number of halogens is 3. The average molecular weight is 375 g/mol. The van der Waals surface area contributed by atoms with Crippen LogP contribution in [0.4, 0.5) is 13.2 Å². The summed E-state index contributed by atoms with van der Waals surface area (Å²) in [5, 5.41) is 9.99. The number of aryl methyl sites for hydroxylation is 1. The first kappa shape index (κ1) is 18.1. The van der Waals surface area contributed by atoms with Gasteiger partial charge in [0.15, 0.2) is 5.11 Å². The Kier molecular flexibility index (Phi) is 4.52. The lowest BCUT2D eigenvalue weighted by molar-refractivity contribution is -0.210. The lowest BCUT2D eigenvalue weighted by Crippen LogP contribution is -2.71. The number of thiocarbonyl (C=S) groups is 1. The van der Waals surface area contributed by atoms with E-state index in [4.69, 9.17) is 12.2 Å². The minimum atomic E-state index is -4.49. The molecule has 0 spiro atoms. The number of carbonyl (C=O) groups is 1. The highest BCUT2D eigenvalue weighted by Crippen LogP contribution is 2.45. The predicted molar refractivity (Wildman–Crippen MR) is 88.2 cm³/mol. The number of hydrogen-bond acceptors (Lipinski definition) is 4. The first-order chi connectivity index (χ1) is 11.6. The Balaban J connectivity index is 2.02. The van der Waals surface area contributed by atoms with Crippen molar-refractivity contribution in [2.24, 2.45) is 18.9 Å². The molecule has 0 aliphatic carbocycles. The largest absolute Gasteiger partial charge is 0.392 e. The highest BCUT2D eigenvalue weighted by atomic mass is 32.1. The van der Waals surface area contributed by atoms with Gasteiger partial charge in [-0.2, -0.15) is 18.3 Å². The molecule has 0 aromatic carbocycles. The SMILES string of the molecule is CC(C)N1C(=S)NC(=O)C2C1NC(c1ccn(C)n1)CC2C(F)(F)F. The smallest absolute Gasteiger partial charge is 0.330 e. The summed E-state index contributed by atoms with van der Waals surface area (Å²) >= 11 is 5.19. The summed E-state index contributed by atoms with van der Waals surface area (Å²) in [6.07, 6.45) is -3.87. The molecular weight excluding hydrogens is 355 g/mol. The van der Waals surface area contributed by atoms with E-state index < -0.39 is 36.1 Å². The molecule has 2 N–H and O–H groups in total. The van der Waals surface area contributed by atoms with Gasteiger partial charge >= 0.3 is 6.18 Å². The standard InChI is InChI=1S/C15H20F3N5OS/c1-7(2)23-12-11(13(24)20-14(23)25)8(15(16,17)18)6-10(19-12)9-4-5-22(3)21-9/h4-5,7-8,10-12,19H,6H2,1-3H3,(H,20,24,25). The molecule has 2 saturated heterocycles. The van der Waals surface area contributed by atoms with Crippen LogP contribution < -0.4 is 10.6 Å². The summed E-state index contributed by atoms with van der Waals surface area (Å²) < 4.78 is 42.7. The van der Waals surface area contributed by atoms with Crippen molar-refractivity contribution in [2.45, 2.75) is 44.7 Å². The normalized spacial score (nSPS) is 30.4. The molecule has 0 saturated carbocycles. The minimum absolute atomic E-state index is 0.149. The molecule has 4 unspecified atom stereocenters. The van der Waals surface area contributed by atoms with Crippen molar-refractivity contribution in [3.8, 4) is 0 Å². The van der Waals surface area contributed by atoms with Crippen molar-refractivity contribution in [1.29, 1.82) is 0 Å². The zero-order chi connectivity index (χ0) is 18.5. The molecule has 25 heavy (non-hydrogen) atoms. The highest BCUT2D eigenvalue weighted by molar-refractivity contribution is 7.80. The second-order valence-corrected chi connectivity index (χ2v) is 7.17. The third-order valence-corrected chi connectivity index (χ3v) is 5.08. The number of hydrogen-bond donors (Lipinski definition) is 2. The van der Waals surface area contributed by atoms with Crippen molar-refractivity contribution in [2.75, 3.05) is 0 Å². The van der Waals surface area contributed by atoms with Crippen LogP contribution in [0.15, 0.2) is 12.3 Å². The van der Waals surface area contributed by atoms with Crippen molar-refractivity contribution in [3.63, 3.8) is 0 Å². The van der Waals surface area contributed by atoms with Crippen LogP contribution in [0.1, 0.15) is 32.0 Å². The van der Waals surface area contributed by atoms with Gasteiger partial charge in [0.2, 0.25) is 5.91 Å². The number of nitrogens with zero attached hydrogens (tertiary/aromatic N) is 3. The molecule has 10 heteroatoms. The molecule has 1 aromatic heterocycles. The fraction of sp³-hybridized carbons (Fsp3) is 0.667. The summed E-state index contributed by atoms with van der Waals surface area (Å²) in [6.45, 7) is 3.66. The molecule has 3 rings (SSSR count). The number of piperidine rings is 1. The first-order valence-corrected chi connectivity index (χ1v) is 8.46. The van der Waals surface area contributed by atoms with Crippen molar-refractivity contribution < 1.29 is 18.0 Å². The van der Waals surface area contributed by atoms with Crippen LogP contribution >= 0.6 is 12.2 Å². The maximum atomic E-state index is 13.7. The van der Waals surface area contributed by atoms with Gasteiger partial charge in [0.05, 0.1) is 29.7 Å². The maximum Gasteiger partial charge on any atom is 0.392 e. The van der Waals surface area contributed by atoms with Crippen LogP contribution in [0.3, 0.4) is 0 Å². The van der Waals surface area contributed by atoms with E-state index >= 15 is 0 Å². The lowest BCUT2D eigenvalue weighted by Gasteiger charge is -2.51.